The van der Waals surface area contributed by atoms with Crippen molar-refractivity contribution in [3.05, 3.63) is 23.8 Å². The molecule has 1 fully saturated rings. The molecule has 5 nitrogen and oxygen atoms in total. The van der Waals surface area contributed by atoms with Crippen molar-refractivity contribution in [2.75, 3.05) is 21.3 Å². The number of carbonyl (C=O) groups is 1. The predicted molar refractivity (Wildman–Crippen MR) is 77.5 cm³/mol. The zero-order valence-corrected chi connectivity index (χ0v) is 12.2. The average Bonchev–Trinajstić information content (AvgIpc) is 2.93. The highest BCUT2D eigenvalue weighted by molar-refractivity contribution is 6.00. The molecular weight excluding hydrogens is 256 g/mol. The van der Waals surface area contributed by atoms with E-state index >= 15 is 0 Å². The van der Waals surface area contributed by atoms with Crippen LogP contribution in [0.5, 0.6) is 11.5 Å². The first kappa shape index (κ1) is 14.7. The Labute approximate surface area is 119 Å². The lowest BCUT2D eigenvalue weighted by Crippen LogP contribution is -2.45. The number of nitrogens with one attached hydrogen (secondary N) is 2. The lowest BCUT2D eigenvalue weighted by Gasteiger charge is -2.21. The third-order valence-electron chi connectivity index (χ3n) is 3.86. The van der Waals surface area contributed by atoms with Crippen molar-refractivity contribution >= 4 is 5.91 Å². The molecule has 0 unspecified atom stereocenters. The summed E-state index contributed by atoms with van der Waals surface area (Å²) in [5, 5.41) is 6.33. The van der Waals surface area contributed by atoms with Crippen LogP contribution in [-0.2, 0) is 0 Å². The number of hydrogen-bond donors (Lipinski definition) is 2. The van der Waals surface area contributed by atoms with Crippen LogP contribution in [0.25, 0.3) is 0 Å². The number of ether oxygens (including phenoxy) is 2. The molecule has 0 aliphatic heterocycles. The monoisotopic (exact) mass is 278 g/mol. The van der Waals surface area contributed by atoms with Crippen LogP contribution in [0.1, 0.15) is 29.6 Å². The molecule has 0 aromatic heterocycles. The summed E-state index contributed by atoms with van der Waals surface area (Å²) in [6.45, 7) is 0. The van der Waals surface area contributed by atoms with Crippen molar-refractivity contribution in [2.24, 2.45) is 0 Å². The number of benzene rings is 1. The molecule has 1 aliphatic rings. The number of hydrogen-bond acceptors (Lipinski definition) is 4. The summed E-state index contributed by atoms with van der Waals surface area (Å²) >= 11 is 0. The van der Waals surface area contributed by atoms with Gasteiger partial charge < -0.3 is 20.1 Å². The van der Waals surface area contributed by atoms with Gasteiger partial charge in [-0.3, -0.25) is 4.79 Å². The topological polar surface area (TPSA) is 59.6 Å². The Kier molecular flexibility index (Phi) is 4.84. The first-order valence-corrected chi connectivity index (χ1v) is 6.90. The van der Waals surface area contributed by atoms with Gasteiger partial charge in [0.05, 0.1) is 14.2 Å². The van der Waals surface area contributed by atoms with E-state index in [9.17, 15) is 4.79 Å². The molecule has 1 aromatic rings. The minimum atomic E-state index is -0.147. The third-order valence-corrected chi connectivity index (χ3v) is 3.86. The summed E-state index contributed by atoms with van der Waals surface area (Å²) < 4.78 is 10.5. The summed E-state index contributed by atoms with van der Waals surface area (Å²) in [5.74, 6) is 0.910. The second-order valence-electron chi connectivity index (χ2n) is 4.94. The first-order valence-electron chi connectivity index (χ1n) is 6.90. The number of rotatable bonds is 5. The van der Waals surface area contributed by atoms with Gasteiger partial charge in [-0.1, -0.05) is 6.07 Å². The molecule has 20 heavy (non-hydrogen) atoms. The van der Waals surface area contributed by atoms with Crippen molar-refractivity contribution in [2.45, 2.75) is 31.3 Å². The molecule has 0 radical (unpaired) electrons. The maximum Gasteiger partial charge on any atom is 0.259 e. The number of carbonyl (C=O) groups excluding carboxylic acids is 1. The summed E-state index contributed by atoms with van der Waals surface area (Å²) in [6.07, 6.45) is 3.21. The van der Waals surface area contributed by atoms with Crippen molar-refractivity contribution < 1.29 is 14.3 Å². The fraction of sp³-hybridized carbons (Fsp3) is 0.533. The Balaban J connectivity index is 2.20. The standard InChI is InChI=1S/C15H22N2O3/c1-16-10-6-4-7-11(10)17-15(18)14-12(19-2)8-5-9-13(14)20-3/h5,8-11,16H,4,6-7H2,1-3H3,(H,17,18)/t10-,11-/m0/s1. The van der Waals surface area contributed by atoms with E-state index in [0.29, 0.717) is 23.1 Å². The Hall–Kier alpha value is -1.75. The van der Waals surface area contributed by atoms with Crippen LogP contribution in [-0.4, -0.2) is 39.3 Å². The molecule has 1 aromatic carbocycles. The quantitative estimate of drug-likeness (QED) is 0.858. The zero-order valence-electron chi connectivity index (χ0n) is 12.2. The van der Waals surface area contributed by atoms with Gasteiger partial charge in [-0.15, -0.1) is 0 Å². The van der Waals surface area contributed by atoms with E-state index in [1.54, 1.807) is 32.4 Å². The highest BCUT2D eigenvalue weighted by atomic mass is 16.5. The minimum absolute atomic E-state index is 0.147. The molecule has 0 bridgehead atoms. The molecule has 2 N–H and O–H groups in total. The van der Waals surface area contributed by atoms with Crippen LogP contribution < -0.4 is 20.1 Å². The van der Waals surface area contributed by atoms with Gasteiger partial charge in [-0.25, -0.2) is 0 Å². The average molecular weight is 278 g/mol. The molecule has 1 saturated carbocycles. The van der Waals surface area contributed by atoms with E-state index in [-0.39, 0.29) is 11.9 Å². The van der Waals surface area contributed by atoms with Crippen molar-refractivity contribution in [1.29, 1.82) is 0 Å². The van der Waals surface area contributed by atoms with Gasteiger partial charge in [-0.05, 0) is 38.4 Å². The van der Waals surface area contributed by atoms with Crippen molar-refractivity contribution in [3.8, 4) is 11.5 Å². The minimum Gasteiger partial charge on any atom is -0.496 e. The highest BCUT2D eigenvalue weighted by Crippen LogP contribution is 2.29. The van der Waals surface area contributed by atoms with E-state index in [1.807, 2.05) is 7.05 Å². The first-order chi connectivity index (χ1) is 9.71. The van der Waals surface area contributed by atoms with Crippen LogP contribution in [0.15, 0.2) is 18.2 Å². The Morgan fingerprint density at radius 2 is 1.75 bits per heavy atom. The van der Waals surface area contributed by atoms with E-state index in [0.717, 1.165) is 19.3 Å². The normalized spacial score (nSPS) is 21.6. The van der Waals surface area contributed by atoms with E-state index in [2.05, 4.69) is 10.6 Å². The summed E-state index contributed by atoms with van der Waals surface area (Å²) in [5.41, 5.74) is 0.458. The maximum atomic E-state index is 12.5. The van der Waals surface area contributed by atoms with E-state index in [1.165, 1.54) is 0 Å². The van der Waals surface area contributed by atoms with Gasteiger partial charge >= 0.3 is 0 Å². The molecule has 1 amide bonds. The molecular formula is C15H22N2O3. The fourth-order valence-corrected chi connectivity index (χ4v) is 2.79. The molecule has 0 heterocycles. The van der Waals surface area contributed by atoms with Crippen LogP contribution in [0.4, 0.5) is 0 Å². The van der Waals surface area contributed by atoms with Gasteiger partial charge in [0.1, 0.15) is 17.1 Å². The van der Waals surface area contributed by atoms with Gasteiger partial charge in [0, 0.05) is 12.1 Å². The smallest absolute Gasteiger partial charge is 0.259 e. The van der Waals surface area contributed by atoms with Crippen LogP contribution >= 0.6 is 0 Å². The van der Waals surface area contributed by atoms with Gasteiger partial charge in [0.15, 0.2) is 0 Å². The number of amides is 1. The van der Waals surface area contributed by atoms with Crippen molar-refractivity contribution in [1.82, 2.24) is 10.6 Å². The molecule has 1 aliphatic carbocycles. The maximum absolute atomic E-state index is 12.5. The molecule has 5 heteroatoms. The second kappa shape index (κ2) is 6.61. The molecule has 0 spiro atoms. The number of likely N-dealkylation sites (N-methyl/N-ethyl adjacent to an activating group) is 1. The van der Waals surface area contributed by atoms with Gasteiger partial charge in [-0.2, -0.15) is 0 Å². The second-order valence-corrected chi connectivity index (χ2v) is 4.94. The molecule has 2 atom stereocenters. The van der Waals surface area contributed by atoms with Gasteiger partial charge in [0.2, 0.25) is 0 Å². The SMILES string of the molecule is CN[C@H]1CCC[C@@H]1NC(=O)c1c(OC)cccc1OC. The van der Waals surface area contributed by atoms with E-state index in [4.69, 9.17) is 9.47 Å². The fourth-order valence-electron chi connectivity index (χ4n) is 2.79. The molecule has 110 valence electrons. The third kappa shape index (κ3) is 2.88. The Morgan fingerprint density at radius 3 is 2.30 bits per heavy atom. The zero-order chi connectivity index (χ0) is 14.5. The number of methoxy groups -OCH3 is 2. The van der Waals surface area contributed by atoms with E-state index < -0.39 is 0 Å². The van der Waals surface area contributed by atoms with Crippen LogP contribution in [0, 0.1) is 0 Å². The summed E-state index contributed by atoms with van der Waals surface area (Å²) in [4.78, 5) is 12.5. The van der Waals surface area contributed by atoms with Gasteiger partial charge in [0.25, 0.3) is 5.91 Å². The van der Waals surface area contributed by atoms with Crippen LogP contribution in [0.2, 0.25) is 0 Å². The summed E-state index contributed by atoms with van der Waals surface area (Å²) in [6, 6.07) is 5.82. The van der Waals surface area contributed by atoms with Crippen molar-refractivity contribution in [3.63, 3.8) is 0 Å². The van der Waals surface area contributed by atoms with Crippen LogP contribution in [0.3, 0.4) is 0 Å². The lowest BCUT2D eigenvalue weighted by molar-refractivity contribution is 0.0926. The Morgan fingerprint density at radius 1 is 1.15 bits per heavy atom. The largest absolute Gasteiger partial charge is 0.496 e. The summed E-state index contributed by atoms with van der Waals surface area (Å²) in [7, 11) is 5.04. The molecule has 2 rings (SSSR count). The lowest BCUT2D eigenvalue weighted by atomic mass is 10.1. The highest BCUT2D eigenvalue weighted by Gasteiger charge is 2.29. The molecule has 0 saturated heterocycles. The predicted octanol–water partition coefficient (Wildman–Crippen LogP) is 1.57. The Bertz CT molecular complexity index is 454.